The first-order valence-electron chi connectivity index (χ1n) is 9.26. The number of piperidine rings is 1. The lowest BCUT2D eigenvalue weighted by molar-refractivity contribution is -0.126. The second-order valence-corrected chi connectivity index (χ2v) is 7.07. The van der Waals surface area contributed by atoms with Crippen LogP contribution in [0.15, 0.2) is 54.6 Å². The van der Waals surface area contributed by atoms with Crippen molar-refractivity contribution in [2.24, 2.45) is 5.92 Å². The third-order valence-corrected chi connectivity index (χ3v) is 5.11. The molecule has 26 heavy (non-hydrogen) atoms. The fraction of sp³-hybridized carbons (Fsp3) is 0.364. The molecule has 2 aromatic carbocycles. The highest BCUT2D eigenvalue weighted by Crippen LogP contribution is 2.21. The minimum Gasteiger partial charge on any atom is -0.349 e. The minimum absolute atomic E-state index is 0.00378. The summed E-state index contributed by atoms with van der Waals surface area (Å²) in [6.07, 6.45) is 1.43. The van der Waals surface area contributed by atoms with Crippen molar-refractivity contribution in [1.82, 2.24) is 10.2 Å². The molecule has 0 saturated carbocycles. The van der Waals surface area contributed by atoms with Crippen LogP contribution in [0.5, 0.6) is 0 Å². The molecule has 0 bridgehead atoms. The predicted molar refractivity (Wildman–Crippen MR) is 103 cm³/mol. The van der Waals surface area contributed by atoms with Crippen LogP contribution in [-0.2, 0) is 4.79 Å². The quantitative estimate of drug-likeness (QED) is 0.913. The maximum atomic E-state index is 12.6. The number of nitrogens with one attached hydrogen (secondary N) is 1. The van der Waals surface area contributed by atoms with E-state index in [2.05, 4.69) is 5.32 Å². The third-order valence-electron chi connectivity index (χ3n) is 5.11. The second-order valence-electron chi connectivity index (χ2n) is 7.07. The number of hydrogen-bond acceptors (Lipinski definition) is 2. The van der Waals surface area contributed by atoms with Crippen LogP contribution in [0.3, 0.4) is 0 Å². The van der Waals surface area contributed by atoms with Crippen molar-refractivity contribution in [3.8, 4) is 0 Å². The summed E-state index contributed by atoms with van der Waals surface area (Å²) in [5.41, 5.74) is 2.97. The zero-order valence-electron chi connectivity index (χ0n) is 15.4. The molecule has 136 valence electrons. The number of aryl methyl sites for hydroxylation is 1. The average Bonchev–Trinajstić information content (AvgIpc) is 2.69. The number of nitrogens with zero attached hydrogens (tertiary/aromatic N) is 1. The van der Waals surface area contributed by atoms with Crippen LogP contribution < -0.4 is 5.32 Å². The van der Waals surface area contributed by atoms with E-state index in [0.717, 1.165) is 16.7 Å². The molecule has 2 aromatic rings. The molecule has 3 rings (SSSR count). The van der Waals surface area contributed by atoms with Crippen molar-refractivity contribution in [3.05, 3.63) is 71.3 Å². The molecule has 0 aliphatic carbocycles. The zero-order valence-corrected chi connectivity index (χ0v) is 15.4. The molecule has 0 aromatic heterocycles. The van der Waals surface area contributed by atoms with Crippen LogP contribution >= 0.6 is 0 Å². The van der Waals surface area contributed by atoms with Gasteiger partial charge in [0.25, 0.3) is 5.91 Å². The molecule has 1 fully saturated rings. The number of likely N-dealkylation sites (tertiary alicyclic amines) is 1. The van der Waals surface area contributed by atoms with Crippen LogP contribution in [0.2, 0.25) is 0 Å². The molecule has 0 unspecified atom stereocenters. The van der Waals surface area contributed by atoms with Gasteiger partial charge in [0.2, 0.25) is 5.91 Å². The summed E-state index contributed by atoms with van der Waals surface area (Å²) >= 11 is 0. The average molecular weight is 350 g/mol. The molecule has 0 spiro atoms. The summed E-state index contributed by atoms with van der Waals surface area (Å²) in [5.74, 6) is 0.119. The molecule has 4 heteroatoms. The van der Waals surface area contributed by atoms with Gasteiger partial charge in [-0.25, -0.2) is 0 Å². The maximum absolute atomic E-state index is 12.6. The van der Waals surface area contributed by atoms with Gasteiger partial charge in [-0.3, -0.25) is 9.59 Å². The molecule has 1 N–H and O–H groups in total. The summed E-state index contributed by atoms with van der Waals surface area (Å²) < 4.78 is 0. The van der Waals surface area contributed by atoms with Crippen molar-refractivity contribution in [2.75, 3.05) is 13.1 Å². The standard InChI is InChI=1S/C22H26N2O2/c1-16-8-10-20(11-9-16)22(26)24-14-12-19(13-15-24)21(25)23-17(2)18-6-4-3-5-7-18/h3-11,17,19H,12-15H2,1-2H3,(H,23,25)/t17-/m1/s1. The Bertz CT molecular complexity index is 747. The molecule has 1 atom stereocenters. The van der Waals surface area contributed by atoms with E-state index in [1.807, 2.05) is 73.3 Å². The Labute approximate surface area is 155 Å². The third kappa shape index (κ3) is 4.31. The van der Waals surface area contributed by atoms with Crippen molar-refractivity contribution >= 4 is 11.8 Å². The van der Waals surface area contributed by atoms with Crippen LogP contribution in [0, 0.1) is 12.8 Å². The Hall–Kier alpha value is -2.62. The Kier molecular flexibility index (Phi) is 5.71. The molecular weight excluding hydrogens is 324 g/mol. The van der Waals surface area contributed by atoms with Crippen LogP contribution in [0.1, 0.15) is 47.3 Å². The van der Waals surface area contributed by atoms with Gasteiger partial charge in [0.1, 0.15) is 0 Å². The fourth-order valence-corrected chi connectivity index (χ4v) is 3.38. The van der Waals surface area contributed by atoms with Gasteiger partial charge >= 0.3 is 0 Å². The van der Waals surface area contributed by atoms with Gasteiger partial charge in [-0.15, -0.1) is 0 Å². The van der Waals surface area contributed by atoms with E-state index in [-0.39, 0.29) is 23.8 Å². The summed E-state index contributed by atoms with van der Waals surface area (Å²) in [6.45, 7) is 5.27. The lowest BCUT2D eigenvalue weighted by Gasteiger charge is -2.32. The Morgan fingerprint density at radius 3 is 2.23 bits per heavy atom. The van der Waals surface area contributed by atoms with E-state index in [4.69, 9.17) is 0 Å². The highest BCUT2D eigenvalue weighted by atomic mass is 16.2. The minimum atomic E-state index is -0.0248. The van der Waals surface area contributed by atoms with Gasteiger partial charge in [-0.2, -0.15) is 0 Å². The Morgan fingerprint density at radius 2 is 1.62 bits per heavy atom. The van der Waals surface area contributed by atoms with Crippen LogP contribution in [-0.4, -0.2) is 29.8 Å². The first-order chi connectivity index (χ1) is 12.5. The van der Waals surface area contributed by atoms with Crippen molar-refractivity contribution in [3.63, 3.8) is 0 Å². The molecule has 4 nitrogen and oxygen atoms in total. The normalized spacial score (nSPS) is 16.2. The van der Waals surface area contributed by atoms with Gasteiger partial charge < -0.3 is 10.2 Å². The monoisotopic (exact) mass is 350 g/mol. The lowest BCUT2D eigenvalue weighted by Crippen LogP contribution is -2.43. The van der Waals surface area contributed by atoms with Crippen LogP contribution in [0.4, 0.5) is 0 Å². The zero-order chi connectivity index (χ0) is 18.5. The molecule has 2 amide bonds. The molecule has 1 aliphatic rings. The Morgan fingerprint density at radius 1 is 1.00 bits per heavy atom. The van der Waals surface area contributed by atoms with Gasteiger partial charge in [0.15, 0.2) is 0 Å². The van der Waals surface area contributed by atoms with Gasteiger partial charge in [0, 0.05) is 24.6 Å². The Balaban J connectivity index is 1.52. The van der Waals surface area contributed by atoms with E-state index in [1.54, 1.807) is 0 Å². The molecule has 1 aliphatic heterocycles. The molecular formula is C22H26N2O2. The fourth-order valence-electron chi connectivity index (χ4n) is 3.38. The van der Waals surface area contributed by atoms with E-state index < -0.39 is 0 Å². The van der Waals surface area contributed by atoms with E-state index in [1.165, 1.54) is 0 Å². The van der Waals surface area contributed by atoms with Gasteiger partial charge in [-0.1, -0.05) is 48.0 Å². The number of hydrogen-bond donors (Lipinski definition) is 1. The second kappa shape index (κ2) is 8.17. The SMILES string of the molecule is Cc1ccc(C(=O)N2CCC(C(=O)N[C@H](C)c3ccccc3)CC2)cc1. The largest absolute Gasteiger partial charge is 0.349 e. The summed E-state index contributed by atoms with van der Waals surface area (Å²) in [5, 5.41) is 3.11. The highest BCUT2D eigenvalue weighted by Gasteiger charge is 2.28. The van der Waals surface area contributed by atoms with E-state index in [9.17, 15) is 9.59 Å². The number of rotatable bonds is 4. The number of amides is 2. The molecule has 1 saturated heterocycles. The smallest absolute Gasteiger partial charge is 0.253 e. The molecule has 1 heterocycles. The van der Waals surface area contributed by atoms with E-state index >= 15 is 0 Å². The maximum Gasteiger partial charge on any atom is 0.253 e. The van der Waals surface area contributed by atoms with Gasteiger partial charge in [0.05, 0.1) is 6.04 Å². The first kappa shape index (κ1) is 18.2. The van der Waals surface area contributed by atoms with Crippen LogP contribution in [0.25, 0.3) is 0 Å². The topological polar surface area (TPSA) is 49.4 Å². The number of carbonyl (C=O) groups is 2. The van der Waals surface area contributed by atoms with Crippen molar-refractivity contribution < 1.29 is 9.59 Å². The number of carbonyl (C=O) groups excluding carboxylic acids is 2. The van der Waals surface area contributed by atoms with Crippen molar-refractivity contribution in [1.29, 1.82) is 0 Å². The molecule has 0 radical (unpaired) electrons. The predicted octanol–water partition coefficient (Wildman–Crippen LogP) is 3.72. The summed E-state index contributed by atoms with van der Waals surface area (Å²) in [4.78, 5) is 27.0. The highest BCUT2D eigenvalue weighted by molar-refractivity contribution is 5.94. The van der Waals surface area contributed by atoms with Gasteiger partial charge in [-0.05, 0) is 44.4 Å². The summed E-state index contributed by atoms with van der Waals surface area (Å²) in [7, 11) is 0. The van der Waals surface area contributed by atoms with E-state index in [0.29, 0.717) is 25.9 Å². The first-order valence-corrected chi connectivity index (χ1v) is 9.26. The summed E-state index contributed by atoms with van der Waals surface area (Å²) in [6, 6.07) is 17.6. The number of benzene rings is 2. The lowest BCUT2D eigenvalue weighted by atomic mass is 9.94. The van der Waals surface area contributed by atoms with Crippen molar-refractivity contribution in [2.45, 2.75) is 32.7 Å².